The maximum Gasteiger partial charge on any atom is 0.222 e. The molecular formula is C48H57FN5O8PS2. The zero-order valence-electron chi connectivity index (χ0n) is 37.4. The molecule has 0 saturated heterocycles. The Labute approximate surface area is 388 Å². The van der Waals surface area contributed by atoms with Crippen LogP contribution < -0.4 is 18.9 Å². The quantitative estimate of drug-likeness (QED) is 0.0434. The number of pyridine rings is 1. The van der Waals surface area contributed by atoms with E-state index in [1.807, 2.05) is 36.1 Å². The van der Waals surface area contributed by atoms with Gasteiger partial charge in [-0.3, -0.25) is 29.0 Å². The molecule has 2 saturated carbocycles. The van der Waals surface area contributed by atoms with Crippen LogP contribution in [0, 0.1) is 41.9 Å². The van der Waals surface area contributed by atoms with Gasteiger partial charge in [-0.05, 0) is 80.6 Å². The van der Waals surface area contributed by atoms with E-state index in [-0.39, 0.29) is 79.5 Å². The van der Waals surface area contributed by atoms with Crippen LogP contribution in [-0.2, 0) is 9.36 Å². The second kappa shape index (κ2) is 22.2. The van der Waals surface area contributed by atoms with Crippen LogP contribution >= 0.6 is 28.9 Å². The number of nitrogens with zero attached hydrogens (tertiary/aromatic N) is 5. The summed E-state index contributed by atoms with van der Waals surface area (Å²) in [6.07, 6.45) is 13.7. The zero-order valence-corrected chi connectivity index (χ0v) is 39.9. The molecule has 2 aliphatic heterocycles. The van der Waals surface area contributed by atoms with E-state index in [1.165, 1.54) is 14.2 Å². The minimum Gasteiger partial charge on any atom is -0.493 e. The molecule has 2 fully saturated rings. The third-order valence-corrected chi connectivity index (χ3v) is 18.4. The van der Waals surface area contributed by atoms with E-state index in [0.29, 0.717) is 84.3 Å². The number of amides is 1. The van der Waals surface area contributed by atoms with Crippen molar-refractivity contribution >= 4 is 70.2 Å². The highest BCUT2D eigenvalue weighted by atomic mass is 33.1. The number of aromatic nitrogens is 1. The molecule has 1 aromatic heterocycles. The van der Waals surface area contributed by atoms with Gasteiger partial charge in [0.15, 0.2) is 41.9 Å². The summed E-state index contributed by atoms with van der Waals surface area (Å²) in [7, 11) is 6.65. The molecule has 7 atom stereocenters. The minimum atomic E-state index is -3.22. The number of hydrogen-bond donors (Lipinski definition) is 0. The van der Waals surface area contributed by atoms with Crippen molar-refractivity contribution < 1.29 is 42.3 Å². The molecule has 65 heavy (non-hydrogen) atoms. The van der Waals surface area contributed by atoms with Gasteiger partial charge in [0.2, 0.25) is 5.91 Å². The van der Waals surface area contributed by atoms with E-state index in [0.717, 1.165) is 17.2 Å². The van der Waals surface area contributed by atoms with Crippen LogP contribution in [0.25, 0.3) is 0 Å². The molecule has 0 bridgehead atoms. The number of ketones is 2. The highest BCUT2D eigenvalue weighted by Crippen LogP contribution is 2.50. The van der Waals surface area contributed by atoms with E-state index in [2.05, 4.69) is 20.9 Å². The normalized spacial score (nSPS) is 22.7. The smallest absolute Gasteiger partial charge is 0.222 e. The van der Waals surface area contributed by atoms with Crippen molar-refractivity contribution in [1.29, 1.82) is 0 Å². The molecule has 17 heteroatoms. The number of halogens is 1. The Bertz CT molecular complexity index is 2360. The largest absolute Gasteiger partial charge is 0.493 e. The van der Waals surface area contributed by atoms with Crippen molar-refractivity contribution in [3.8, 4) is 35.3 Å². The maximum atomic E-state index is 15.1. The van der Waals surface area contributed by atoms with Crippen LogP contribution in [0.3, 0.4) is 0 Å². The van der Waals surface area contributed by atoms with Crippen LogP contribution in [0.5, 0.6) is 23.0 Å². The molecule has 13 nitrogen and oxygen atoms in total. The molecule has 3 aromatic rings. The fourth-order valence-corrected chi connectivity index (χ4v) is 13.1. The predicted octanol–water partition coefficient (Wildman–Crippen LogP) is 9.27. The summed E-state index contributed by atoms with van der Waals surface area (Å²) >= 11 is 0. The molecule has 4 aliphatic rings. The number of aliphatic imine (C=N–C) groups is 2. The molecule has 0 spiro atoms. The van der Waals surface area contributed by atoms with E-state index >= 15 is 4.57 Å². The van der Waals surface area contributed by atoms with Crippen molar-refractivity contribution in [2.24, 2.45) is 39.6 Å². The Morgan fingerprint density at radius 2 is 1.46 bits per heavy atom. The summed E-state index contributed by atoms with van der Waals surface area (Å²) in [4.78, 5) is 55.5. The van der Waals surface area contributed by atoms with Crippen molar-refractivity contribution in [2.75, 3.05) is 72.7 Å². The number of carbonyl (C=O) groups excluding carboxylic acids is 3. The van der Waals surface area contributed by atoms with Crippen LogP contribution in [0.4, 0.5) is 15.8 Å². The number of rotatable bonds is 21. The third-order valence-electron chi connectivity index (χ3n) is 12.8. The first-order valence-corrected chi connectivity index (χ1v) is 26.5. The van der Waals surface area contributed by atoms with Crippen LogP contribution in [0.2, 0.25) is 0 Å². The first kappa shape index (κ1) is 48.3. The molecule has 7 rings (SSSR count). The number of carbonyl (C=O) groups is 3. The number of Topliss-reactive ketones (excluding diaryl/α,β-unsaturated/α-hetero) is 2. The van der Waals surface area contributed by atoms with E-state index in [4.69, 9.17) is 25.4 Å². The van der Waals surface area contributed by atoms with Crippen molar-refractivity contribution in [1.82, 2.24) is 14.6 Å². The van der Waals surface area contributed by atoms with Crippen molar-refractivity contribution in [3.63, 3.8) is 0 Å². The predicted molar refractivity (Wildman–Crippen MR) is 256 cm³/mol. The van der Waals surface area contributed by atoms with Crippen molar-refractivity contribution in [2.45, 2.75) is 56.1 Å². The van der Waals surface area contributed by atoms with E-state index < -0.39 is 19.4 Å². The lowest BCUT2D eigenvalue weighted by Gasteiger charge is -2.29. The molecule has 7 unspecified atom stereocenters. The molecular weight excluding hydrogens is 889 g/mol. The van der Waals surface area contributed by atoms with Gasteiger partial charge in [0.25, 0.3) is 0 Å². The Morgan fingerprint density at radius 1 is 0.846 bits per heavy atom. The van der Waals surface area contributed by atoms with Gasteiger partial charge in [-0.15, -0.1) is 12.3 Å². The number of fused-ring (bicyclic) bond motifs is 4. The lowest BCUT2D eigenvalue weighted by Crippen LogP contribution is -2.31. The molecule has 2 aromatic carbocycles. The number of hydrogen-bond acceptors (Lipinski definition) is 13. The number of methoxy groups -OCH3 is 2. The Hall–Kier alpha value is -4.68. The summed E-state index contributed by atoms with van der Waals surface area (Å²) in [5.74, 6) is 3.92. The fraction of sp³-hybridized carbons (Fsp3) is 0.500. The van der Waals surface area contributed by atoms with E-state index in [9.17, 15) is 18.8 Å². The maximum absolute atomic E-state index is 15.1. The summed E-state index contributed by atoms with van der Waals surface area (Å²) in [5.41, 5.74) is 1.73. The highest BCUT2D eigenvalue weighted by molar-refractivity contribution is 8.76. The zero-order chi connectivity index (χ0) is 46.1. The molecule has 2 aliphatic carbocycles. The summed E-state index contributed by atoms with van der Waals surface area (Å²) in [5, 5.41) is 0.936. The van der Waals surface area contributed by atoms with Gasteiger partial charge in [0.05, 0.1) is 38.8 Å². The Balaban J connectivity index is 1.00. The fourth-order valence-electron chi connectivity index (χ4n) is 9.01. The van der Waals surface area contributed by atoms with Gasteiger partial charge in [0, 0.05) is 116 Å². The minimum absolute atomic E-state index is 0.0136. The standard InChI is InChI=1S/C48H57FN5O8PS2/c1-6-31-21-32-29-51-39-27-43(41(59-4)25-37(39)47(56)35(32)22-31)61-16-18-63(58,54(3)15-10-14-53(2)46(55)12-9-20-64-65-45-11-7-8-13-50-45)19-17-62-44-28-40-38(26-42(44)60-5)48(57)36-24-34(49)23-33(36)30-52-40/h1,7-8,11,13,25-36H,9-10,12,14-24H2,2-5H3. The first-order valence-electron chi connectivity index (χ1n) is 22.1. The van der Waals surface area contributed by atoms with Crippen molar-refractivity contribution in [3.05, 3.63) is 59.8 Å². The number of terminal acetylenes is 1. The molecule has 3 heterocycles. The number of alkyl halides is 1. The summed E-state index contributed by atoms with van der Waals surface area (Å²) in [6.45, 7) is 1.02. The van der Waals surface area contributed by atoms with Crippen LogP contribution in [-0.4, -0.2) is 123 Å². The second-order valence-electron chi connectivity index (χ2n) is 17.0. The average molecular weight is 946 g/mol. The molecule has 0 radical (unpaired) electrons. The highest BCUT2D eigenvalue weighted by Gasteiger charge is 2.42. The Kier molecular flexibility index (Phi) is 16.5. The van der Waals surface area contributed by atoms with Gasteiger partial charge < -0.3 is 28.4 Å². The Morgan fingerprint density at radius 3 is 2.05 bits per heavy atom. The van der Waals surface area contributed by atoms with Gasteiger partial charge in [-0.2, -0.15) is 0 Å². The third kappa shape index (κ3) is 11.7. The van der Waals surface area contributed by atoms with Gasteiger partial charge in [0.1, 0.15) is 11.2 Å². The number of benzene rings is 2. The van der Waals surface area contributed by atoms with E-state index in [1.54, 1.807) is 70.2 Å². The van der Waals surface area contributed by atoms with Crippen LogP contribution in [0.1, 0.15) is 65.7 Å². The van der Waals surface area contributed by atoms with Gasteiger partial charge in [-0.25, -0.2) is 9.37 Å². The molecule has 1 amide bonds. The van der Waals surface area contributed by atoms with Gasteiger partial charge >= 0.3 is 0 Å². The number of ether oxygens (including phenoxy) is 4. The molecule has 346 valence electrons. The van der Waals surface area contributed by atoms with Crippen LogP contribution in [0.15, 0.2) is 63.7 Å². The SMILES string of the molecule is C#CC1CC2C=Nc3cc(OCCP(=O)(CCOc4cc5c(cc4OC)C(=O)C4CC(F)CC4C=N5)N(C)CCCN(C)C(=O)CCCSSc4ccccn4)c(OC)cc3C(=O)C2C1. The first-order chi connectivity index (χ1) is 31.4. The lowest BCUT2D eigenvalue weighted by atomic mass is 9.89. The topological polar surface area (TPSA) is 149 Å². The van der Waals surface area contributed by atoms with Gasteiger partial charge in [-0.1, -0.05) is 16.9 Å². The lowest BCUT2D eigenvalue weighted by molar-refractivity contribution is -0.129. The monoisotopic (exact) mass is 945 g/mol. The average Bonchev–Trinajstić information content (AvgIpc) is 3.85. The second-order valence-corrected chi connectivity index (χ2v) is 22.7. The summed E-state index contributed by atoms with van der Waals surface area (Å²) < 4.78 is 55.1. The molecule has 0 N–H and O–H groups in total. The summed E-state index contributed by atoms with van der Waals surface area (Å²) in [6, 6.07) is 12.4.